The van der Waals surface area contributed by atoms with Crippen LogP contribution >= 0.6 is 0 Å². The Morgan fingerprint density at radius 2 is 1.73 bits per heavy atom. The lowest BCUT2D eigenvalue weighted by molar-refractivity contribution is 0.0723. The summed E-state index contributed by atoms with van der Waals surface area (Å²) in [6.07, 6.45) is 0. The van der Waals surface area contributed by atoms with Gasteiger partial charge in [0.05, 0.1) is 12.1 Å². The molecule has 0 unspecified atom stereocenters. The third-order valence-corrected chi connectivity index (χ3v) is 5.92. The Bertz CT molecular complexity index is 1060. The van der Waals surface area contributed by atoms with E-state index in [0.717, 1.165) is 37.3 Å². The fourth-order valence-electron chi connectivity index (χ4n) is 4.15. The molecule has 0 aliphatic carbocycles. The summed E-state index contributed by atoms with van der Waals surface area (Å²) in [4.78, 5) is 19.8. The molecule has 1 fully saturated rings. The van der Waals surface area contributed by atoms with Gasteiger partial charge in [0.2, 0.25) is 5.88 Å². The van der Waals surface area contributed by atoms with Crippen molar-refractivity contribution in [3.63, 3.8) is 0 Å². The number of likely N-dealkylation sites (N-methyl/N-ethyl adjacent to an activating group) is 1. The van der Waals surface area contributed by atoms with Crippen LogP contribution in [0.2, 0.25) is 0 Å². The van der Waals surface area contributed by atoms with Gasteiger partial charge in [0.15, 0.2) is 0 Å². The predicted octanol–water partition coefficient (Wildman–Crippen LogP) is 4.53. The lowest BCUT2D eigenvalue weighted by Crippen LogP contribution is -2.45. The zero-order chi connectivity index (χ0) is 23.4. The SMILES string of the molecule is CC(C)CN(Cc1c(-c2ccc(F)cc2)noc1N1CCN(C)CC1)C(=O)c1ccccc1. The van der Waals surface area contributed by atoms with Crippen molar-refractivity contribution in [2.24, 2.45) is 5.92 Å². The van der Waals surface area contributed by atoms with Crippen LogP contribution in [0.15, 0.2) is 59.1 Å². The molecule has 4 rings (SSSR count). The minimum atomic E-state index is -0.302. The first kappa shape index (κ1) is 23.0. The van der Waals surface area contributed by atoms with E-state index in [0.29, 0.717) is 36.1 Å². The third kappa shape index (κ3) is 5.42. The van der Waals surface area contributed by atoms with Crippen LogP contribution in [0.1, 0.15) is 29.8 Å². The summed E-state index contributed by atoms with van der Waals surface area (Å²) in [6, 6.07) is 15.6. The normalized spacial score (nSPS) is 14.6. The van der Waals surface area contributed by atoms with Crippen molar-refractivity contribution in [1.82, 2.24) is 15.0 Å². The average molecular weight is 451 g/mol. The topological polar surface area (TPSA) is 52.8 Å². The van der Waals surface area contributed by atoms with E-state index in [9.17, 15) is 9.18 Å². The van der Waals surface area contributed by atoms with Crippen molar-refractivity contribution in [3.8, 4) is 11.3 Å². The van der Waals surface area contributed by atoms with Crippen LogP contribution in [-0.4, -0.2) is 60.6 Å². The maximum absolute atomic E-state index is 13.6. The second-order valence-electron chi connectivity index (χ2n) is 9.06. The monoisotopic (exact) mass is 450 g/mol. The lowest BCUT2D eigenvalue weighted by Gasteiger charge is -2.33. The van der Waals surface area contributed by atoms with Gasteiger partial charge in [-0.3, -0.25) is 4.79 Å². The van der Waals surface area contributed by atoms with Crippen LogP contribution in [0.25, 0.3) is 11.3 Å². The molecule has 3 aromatic rings. The van der Waals surface area contributed by atoms with Crippen LogP contribution in [0.3, 0.4) is 0 Å². The number of hydrogen-bond acceptors (Lipinski definition) is 5. The Kier molecular flexibility index (Phi) is 7.08. The Labute approximate surface area is 194 Å². The van der Waals surface area contributed by atoms with Gasteiger partial charge in [-0.15, -0.1) is 0 Å². The highest BCUT2D eigenvalue weighted by molar-refractivity contribution is 5.94. The van der Waals surface area contributed by atoms with Crippen molar-refractivity contribution < 1.29 is 13.7 Å². The first-order valence-corrected chi connectivity index (χ1v) is 11.4. The summed E-state index contributed by atoms with van der Waals surface area (Å²) in [5.41, 5.74) is 2.93. The minimum absolute atomic E-state index is 0.0279. The lowest BCUT2D eigenvalue weighted by atomic mass is 10.0. The van der Waals surface area contributed by atoms with Crippen molar-refractivity contribution in [1.29, 1.82) is 0 Å². The molecule has 174 valence electrons. The zero-order valence-electron chi connectivity index (χ0n) is 19.5. The number of carbonyl (C=O) groups is 1. The van der Waals surface area contributed by atoms with E-state index in [1.54, 1.807) is 12.1 Å². The molecule has 1 aromatic heterocycles. The van der Waals surface area contributed by atoms with E-state index in [2.05, 4.69) is 35.9 Å². The molecule has 2 aromatic carbocycles. The number of carbonyl (C=O) groups excluding carboxylic acids is 1. The molecule has 1 aliphatic rings. The van der Waals surface area contributed by atoms with Crippen LogP contribution in [0, 0.1) is 11.7 Å². The molecule has 0 N–H and O–H groups in total. The van der Waals surface area contributed by atoms with Crippen LogP contribution < -0.4 is 4.90 Å². The summed E-state index contributed by atoms with van der Waals surface area (Å²) in [6.45, 7) is 8.64. The summed E-state index contributed by atoms with van der Waals surface area (Å²) in [5, 5.41) is 4.38. The van der Waals surface area contributed by atoms with Gasteiger partial charge >= 0.3 is 0 Å². The molecule has 0 atom stereocenters. The number of halogens is 1. The Morgan fingerprint density at radius 3 is 2.36 bits per heavy atom. The quantitative estimate of drug-likeness (QED) is 0.529. The van der Waals surface area contributed by atoms with E-state index >= 15 is 0 Å². The number of anilines is 1. The number of rotatable bonds is 7. The molecular formula is C26H31FN4O2. The third-order valence-electron chi connectivity index (χ3n) is 5.92. The first-order valence-electron chi connectivity index (χ1n) is 11.4. The second kappa shape index (κ2) is 10.2. The highest BCUT2D eigenvalue weighted by atomic mass is 19.1. The molecule has 7 heteroatoms. The number of amides is 1. The molecule has 1 amide bonds. The molecule has 0 radical (unpaired) electrons. The van der Waals surface area contributed by atoms with E-state index in [4.69, 9.17) is 4.52 Å². The van der Waals surface area contributed by atoms with E-state index < -0.39 is 0 Å². The smallest absolute Gasteiger partial charge is 0.254 e. The molecule has 2 heterocycles. The molecule has 6 nitrogen and oxygen atoms in total. The fourth-order valence-corrected chi connectivity index (χ4v) is 4.15. The number of benzene rings is 2. The van der Waals surface area contributed by atoms with E-state index in [-0.39, 0.29) is 11.7 Å². The van der Waals surface area contributed by atoms with Gasteiger partial charge in [0, 0.05) is 43.9 Å². The van der Waals surface area contributed by atoms with Gasteiger partial charge in [-0.1, -0.05) is 37.2 Å². The Morgan fingerprint density at radius 1 is 1.06 bits per heavy atom. The van der Waals surface area contributed by atoms with Gasteiger partial charge < -0.3 is 19.2 Å². The largest absolute Gasteiger partial charge is 0.338 e. The van der Waals surface area contributed by atoms with Gasteiger partial charge in [-0.2, -0.15) is 0 Å². The average Bonchev–Trinajstić information content (AvgIpc) is 3.23. The predicted molar refractivity (Wildman–Crippen MR) is 128 cm³/mol. The molecule has 1 saturated heterocycles. The summed E-state index contributed by atoms with van der Waals surface area (Å²) >= 11 is 0. The fraction of sp³-hybridized carbons (Fsp3) is 0.385. The molecule has 1 aliphatic heterocycles. The Hall–Kier alpha value is -3.19. The highest BCUT2D eigenvalue weighted by Gasteiger charge is 2.28. The second-order valence-corrected chi connectivity index (χ2v) is 9.06. The maximum Gasteiger partial charge on any atom is 0.254 e. The summed E-state index contributed by atoms with van der Waals surface area (Å²) in [7, 11) is 2.10. The van der Waals surface area contributed by atoms with E-state index in [1.165, 1.54) is 12.1 Å². The molecule has 33 heavy (non-hydrogen) atoms. The summed E-state index contributed by atoms with van der Waals surface area (Å²) in [5.74, 6) is 0.652. The van der Waals surface area contributed by atoms with Crippen LogP contribution in [-0.2, 0) is 6.54 Å². The number of nitrogens with zero attached hydrogens (tertiary/aromatic N) is 4. The first-order chi connectivity index (χ1) is 15.9. The highest BCUT2D eigenvalue weighted by Crippen LogP contribution is 2.33. The summed E-state index contributed by atoms with van der Waals surface area (Å²) < 4.78 is 19.4. The van der Waals surface area contributed by atoms with Gasteiger partial charge in [0.1, 0.15) is 11.5 Å². The number of aromatic nitrogens is 1. The maximum atomic E-state index is 13.6. The van der Waals surface area contributed by atoms with Gasteiger partial charge in [0.25, 0.3) is 5.91 Å². The van der Waals surface area contributed by atoms with E-state index in [1.807, 2.05) is 35.2 Å². The van der Waals surface area contributed by atoms with Crippen molar-refractivity contribution in [2.75, 3.05) is 44.7 Å². The van der Waals surface area contributed by atoms with Crippen molar-refractivity contribution in [2.45, 2.75) is 20.4 Å². The molecule has 0 spiro atoms. The zero-order valence-corrected chi connectivity index (χ0v) is 19.5. The minimum Gasteiger partial charge on any atom is -0.338 e. The van der Waals surface area contributed by atoms with Gasteiger partial charge in [-0.05, 0) is 49.4 Å². The van der Waals surface area contributed by atoms with Gasteiger partial charge in [-0.25, -0.2) is 4.39 Å². The van der Waals surface area contributed by atoms with Crippen LogP contribution in [0.5, 0.6) is 0 Å². The Balaban J connectivity index is 1.72. The standard InChI is InChI=1S/C26H31FN4O2/c1-19(2)17-31(25(32)21-7-5-4-6-8-21)18-23-24(20-9-11-22(27)12-10-20)28-33-26(23)30-15-13-29(3)14-16-30/h4-12,19H,13-18H2,1-3H3. The van der Waals surface area contributed by atoms with Crippen molar-refractivity contribution >= 4 is 11.8 Å². The molecule has 0 saturated carbocycles. The number of piperazine rings is 1. The van der Waals surface area contributed by atoms with Crippen LogP contribution in [0.4, 0.5) is 10.3 Å². The van der Waals surface area contributed by atoms with Crippen molar-refractivity contribution in [3.05, 3.63) is 71.5 Å². The molecular weight excluding hydrogens is 419 g/mol. The molecule has 0 bridgehead atoms. The number of hydrogen-bond donors (Lipinski definition) is 0.